The van der Waals surface area contributed by atoms with Crippen molar-refractivity contribution in [3.63, 3.8) is 0 Å². The van der Waals surface area contributed by atoms with Crippen LogP contribution in [0.2, 0.25) is 0 Å². The molecule has 0 saturated heterocycles. The lowest BCUT2D eigenvalue weighted by Gasteiger charge is -2.12. The van der Waals surface area contributed by atoms with E-state index in [0.717, 1.165) is 6.42 Å². The first-order chi connectivity index (χ1) is 4.70. The minimum atomic E-state index is -0.865. The first-order valence-corrected chi connectivity index (χ1v) is 3.18. The SMILES string of the molecule is CCC(NCC(=O)O)OC.[B]. The molecule has 0 amide bonds. The summed E-state index contributed by atoms with van der Waals surface area (Å²) in [5.41, 5.74) is 0. The minimum Gasteiger partial charge on any atom is -0.480 e. The third-order valence-electron chi connectivity index (χ3n) is 1.14. The van der Waals surface area contributed by atoms with Crippen molar-refractivity contribution in [2.75, 3.05) is 13.7 Å². The Bertz CT molecular complexity index is 106. The average Bonchev–Trinajstić information content (AvgIpc) is 1.90. The molecule has 0 aromatic heterocycles. The van der Waals surface area contributed by atoms with E-state index in [1.807, 2.05) is 6.92 Å². The fourth-order valence-electron chi connectivity index (χ4n) is 0.595. The number of carboxylic acids is 1. The third kappa shape index (κ3) is 7.35. The average molecular weight is 158 g/mol. The molecule has 0 aliphatic carbocycles. The maximum atomic E-state index is 10.0. The van der Waals surface area contributed by atoms with Crippen molar-refractivity contribution < 1.29 is 14.6 Å². The van der Waals surface area contributed by atoms with Gasteiger partial charge in [0.2, 0.25) is 0 Å². The maximum Gasteiger partial charge on any atom is 0.317 e. The molecule has 0 aromatic rings. The number of rotatable bonds is 5. The van der Waals surface area contributed by atoms with Gasteiger partial charge in [0.25, 0.3) is 0 Å². The molecular formula is C6H13BNO3. The Labute approximate surface area is 68.5 Å². The molecule has 0 rings (SSSR count). The van der Waals surface area contributed by atoms with Gasteiger partial charge in [-0.15, -0.1) is 0 Å². The summed E-state index contributed by atoms with van der Waals surface area (Å²) in [5, 5.41) is 10.9. The molecular weight excluding hydrogens is 145 g/mol. The zero-order chi connectivity index (χ0) is 7.98. The van der Waals surface area contributed by atoms with Gasteiger partial charge in [0, 0.05) is 15.5 Å². The summed E-state index contributed by atoms with van der Waals surface area (Å²) in [6, 6.07) is 0. The van der Waals surface area contributed by atoms with E-state index >= 15 is 0 Å². The van der Waals surface area contributed by atoms with Gasteiger partial charge in [-0.2, -0.15) is 0 Å². The first kappa shape index (κ1) is 13.1. The Morgan fingerprint density at radius 1 is 1.73 bits per heavy atom. The normalized spacial score (nSPS) is 11.8. The molecule has 0 heterocycles. The van der Waals surface area contributed by atoms with Crippen LogP contribution in [0.3, 0.4) is 0 Å². The second-order valence-electron chi connectivity index (χ2n) is 1.91. The zero-order valence-corrected chi connectivity index (χ0v) is 6.83. The Balaban J connectivity index is 0. The van der Waals surface area contributed by atoms with Gasteiger partial charge >= 0.3 is 5.97 Å². The molecule has 1 unspecified atom stereocenters. The van der Waals surface area contributed by atoms with Gasteiger partial charge in [-0.05, 0) is 6.42 Å². The predicted molar refractivity (Wildman–Crippen MR) is 42.5 cm³/mol. The van der Waals surface area contributed by atoms with Crippen LogP contribution in [0.15, 0.2) is 0 Å². The topological polar surface area (TPSA) is 58.6 Å². The van der Waals surface area contributed by atoms with Crippen LogP contribution in [0.1, 0.15) is 13.3 Å². The van der Waals surface area contributed by atoms with Crippen molar-refractivity contribution in [3.05, 3.63) is 0 Å². The lowest BCUT2D eigenvalue weighted by Crippen LogP contribution is -2.34. The van der Waals surface area contributed by atoms with Crippen molar-refractivity contribution in [1.29, 1.82) is 0 Å². The smallest absolute Gasteiger partial charge is 0.317 e. The van der Waals surface area contributed by atoms with Gasteiger partial charge in [-0.1, -0.05) is 6.92 Å². The minimum absolute atomic E-state index is 0. The summed E-state index contributed by atoms with van der Waals surface area (Å²) in [5.74, 6) is -0.865. The van der Waals surface area contributed by atoms with Crippen LogP contribution in [-0.4, -0.2) is 39.4 Å². The van der Waals surface area contributed by atoms with Crippen LogP contribution in [-0.2, 0) is 9.53 Å². The quantitative estimate of drug-likeness (QED) is 0.424. The van der Waals surface area contributed by atoms with Gasteiger partial charge in [-0.3, -0.25) is 10.1 Å². The summed E-state index contributed by atoms with van der Waals surface area (Å²) < 4.78 is 4.88. The van der Waals surface area contributed by atoms with E-state index in [1.165, 1.54) is 0 Å². The Kier molecular flexibility index (Phi) is 8.99. The number of hydrogen-bond acceptors (Lipinski definition) is 3. The second-order valence-corrected chi connectivity index (χ2v) is 1.91. The molecule has 2 N–H and O–H groups in total. The Morgan fingerprint density at radius 3 is 2.55 bits per heavy atom. The highest BCUT2D eigenvalue weighted by Gasteiger charge is 2.03. The van der Waals surface area contributed by atoms with Crippen molar-refractivity contribution in [1.82, 2.24) is 5.32 Å². The molecule has 0 aliphatic heterocycles. The molecule has 0 spiro atoms. The van der Waals surface area contributed by atoms with E-state index in [-0.39, 0.29) is 21.2 Å². The summed E-state index contributed by atoms with van der Waals surface area (Å²) >= 11 is 0. The third-order valence-corrected chi connectivity index (χ3v) is 1.14. The number of ether oxygens (including phenoxy) is 1. The van der Waals surface area contributed by atoms with E-state index in [9.17, 15) is 4.79 Å². The molecule has 3 radical (unpaired) electrons. The van der Waals surface area contributed by atoms with Crippen molar-refractivity contribution in [2.45, 2.75) is 19.6 Å². The van der Waals surface area contributed by atoms with Gasteiger partial charge in [0.05, 0.1) is 6.54 Å². The number of aliphatic carboxylic acids is 1. The van der Waals surface area contributed by atoms with E-state index in [0.29, 0.717) is 0 Å². The van der Waals surface area contributed by atoms with Crippen molar-refractivity contribution in [3.8, 4) is 0 Å². The van der Waals surface area contributed by atoms with E-state index in [2.05, 4.69) is 5.32 Å². The molecule has 11 heavy (non-hydrogen) atoms. The van der Waals surface area contributed by atoms with E-state index < -0.39 is 5.97 Å². The van der Waals surface area contributed by atoms with Crippen LogP contribution in [0.5, 0.6) is 0 Å². The fourth-order valence-corrected chi connectivity index (χ4v) is 0.595. The van der Waals surface area contributed by atoms with Crippen LogP contribution >= 0.6 is 0 Å². The molecule has 5 heteroatoms. The van der Waals surface area contributed by atoms with Gasteiger partial charge in [0.15, 0.2) is 0 Å². The summed E-state index contributed by atoms with van der Waals surface area (Å²) in [6.45, 7) is 1.87. The maximum absolute atomic E-state index is 10.0. The number of carbonyl (C=O) groups is 1. The largest absolute Gasteiger partial charge is 0.480 e. The Morgan fingerprint density at radius 2 is 2.27 bits per heavy atom. The van der Waals surface area contributed by atoms with Crippen LogP contribution in [0, 0.1) is 0 Å². The molecule has 63 valence electrons. The highest BCUT2D eigenvalue weighted by molar-refractivity contribution is 5.75. The molecule has 4 nitrogen and oxygen atoms in total. The lowest BCUT2D eigenvalue weighted by molar-refractivity contribution is -0.136. The highest BCUT2D eigenvalue weighted by atomic mass is 16.5. The van der Waals surface area contributed by atoms with E-state index in [4.69, 9.17) is 9.84 Å². The number of nitrogens with one attached hydrogen (secondary N) is 1. The van der Waals surface area contributed by atoms with Gasteiger partial charge in [0.1, 0.15) is 6.23 Å². The van der Waals surface area contributed by atoms with Crippen molar-refractivity contribution >= 4 is 14.4 Å². The number of hydrogen-bond donors (Lipinski definition) is 2. The van der Waals surface area contributed by atoms with E-state index in [1.54, 1.807) is 7.11 Å². The standard InChI is InChI=1S/C6H13NO3.B/c1-3-5(10-2)7-4-6(8)9;/h5,7H,3-4H2,1-2H3,(H,8,9);. The van der Waals surface area contributed by atoms with Crippen LogP contribution in [0.4, 0.5) is 0 Å². The number of carboxylic acid groups (broad SMARTS) is 1. The number of methoxy groups -OCH3 is 1. The van der Waals surface area contributed by atoms with Crippen molar-refractivity contribution in [2.24, 2.45) is 0 Å². The Hall–Kier alpha value is -0.545. The summed E-state index contributed by atoms with van der Waals surface area (Å²) in [6.07, 6.45) is 0.625. The second kappa shape index (κ2) is 7.56. The van der Waals surface area contributed by atoms with Gasteiger partial charge in [-0.25, -0.2) is 0 Å². The summed E-state index contributed by atoms with van der Waals surface area (Å²) in [4.78, 5) is 10.0. The molecule has 0 aromatic carbocycles. The molecule has 0 bridgehead atoms. The fraction of sp³-hybridized carbons (Fsp3) is 0.833. The van der Waals surface area contributed by atoms with Gasteiger partial charge < -0.3 is 9.84 Å². The molecule has 0 fully saturated rings. The highest BCUT2D eigenvalue weighted by Crippen LogP contribution is 1.88. The first-order valence-electron chi connectivity index (χ1n) is 3.18. The summed E-state index contributed by atoms with van der Waals surface area (Å²) in [7, 11) is 1.54. The molecule has 0 saturated carbocycles. The molecule has 0 aliphatic rings. The zero-order valence-electron chi connectivity index (χ0n) is 6.83. The van der Waals surface area contributed by atoms with Crippen LogP contribution < -0.4 is 5.32 Å². The molecule has 1 atom stereocenters. The predicted octanol–water partition coefficient (Wildman–Crippen LogP) is -0.338. The monoisotopic (exact) mass is 158 g/mol. The lowest BCUT2D eigenvalue weighted by atomic mass is 10.4. The van der Waals surface area contributed by atoms with Crippen LogP contribution in [0.25, 0.3) is 0 Å².